The number of imidazole rings is 1. The number of hydrogen-bond acceptors (Lipinski definition) is 6. The summed E-state index contributed by atoms with van der Waals surface area (Å²) in [7, 11) is 1.86. The number of alkyl halides is 3. The zero-order valence-corrected chi connectivity index (χ0v) is 16.2. The molecule has 1 N–H and O–H groups in total. The van der Waals surface area contributed by atoms with E-state index in [1.165, 1.54) is 0 Å². The number of carbonyl (C=O) groups is 2. The molecule has 1 amide bonds. The second-order valence-corrected chi connectivity index (χ2v) is 7.19. The Morgan fingerprint density at radius 3 is 2.37 bits per heavy atom. The van der Waals surface area contributed by atoms with Crippen molar-refractivity contribution in [1.82, 2.24) is 24.4 Å². The first-order valence-corrected chi connectivity index (χ1v) is 9.24. The third-order valence-electron chi connectivity index (χ3n) is 5.22. The summed E-state index contributed by atoms with van der Waals surface area (Å²) in [6.07, 6.45) is 4.72. The molecule has 162 valence electrons. The highest BCUT2D eigenvalue weighted by molar-refractivity contribution is 5.91. The van der Waals surface area contributed by atoms with E-state index in [9.17, 15) is 18.0 Å². The van der Waals surface area contributed by atoms with E-state index in [0.717, 1.165) is 38.4 Å². The standard InChI is InChI=1S/C16H20N6O.C2HF3O2/c1-20-7-5-19-15(20)16(23)22-9-12-2-6-21(10-13(12)11-22)14-8-17-3-4-18-14;3-2(4,5)1(6)7/h3-5,7-8,12-13H,2,6,9-11H2,1H3;(H,6,7)/t12-,13+;/m0./s1. The molecule has 4 heterocycles. The van der Waals surface area contributed by atoms with E-state index in [-0.39, 0.29) is 5.91 Å². The first-order chi connectivity index (χ1) is 14.2. The topological polar surface area (TPSA) is 104 Å². The van der Waals surface area contributed by atoms with Crippen molar-refractivity contribution in [2.24, 2.45) is 18.9 Å². The smallest absolute Gasteiger partial charge is 0.475 e. The zero-order chi connectivity index (χ0) is 21.9. The Balaban J connectivity index is 0.000000318. The predicted molar refractivity (Wildman–Crippen MR) is 98.6 cm³/mol. The molecule has 2 aromatic rings. The van der Waals surface area contributed by atoms with Gasteiger partial charge in [-0.05, 0) is 18.3 Å². The van der Waals surface area contributed by atoms with Gasteiger partial charge in [0.25, 0.3) is 5.91 Å². The number of aromatic nitrogens is 4. The second-order valence-electron chi connectivity index (χ2n) is 7.19. The van der Waals surface area contributed by atoms with Crippen LogP contribution in [0.4, 0.5) is 19.0 Å². The largest absolute Gasteiger partial charge is 0.490 e. The summed E-state index contributed by atoms with van der Waals surface area (Å²) in [5, 5.41) is 7.12. The first kappa shape index (κ1) is 21.5. The predicted octanol–water partition coefficient (Wildman–Crippen LogP) is 1.44. The van der Waals surface area contributed by atoms with Crippen molar-refractivity contribution in [1.29, 1.82) is 0 Å². The number of aliphatic carboxylic acids is 1. The molecule has 30 heavy (non-hydrogen) atoms. The van der Waals surface area contributed by atoms with Gasteiger partial charge in [0.15, 0.2) is 5.82 Å². The molecule has 0 radical (unpaired) electrons. The fourth-order valence-electron chi connectivity index (χ4n) is 3.71. The maximum Gasteiger partial charge on any atom is 0.490 e. The minimum Gasteiger partial charge on any atom is -0.475 e. The van der Waals surface area contributed by atoms with Crippen LogP contribution < -0.4 is 4.90 Å². The van der Waals surface area contributed by atoms with Crippen LogP contribution in [0.2, 0.25) is 0 Å². The number of rotatable bonds is 2. The molecule has 4 rings (SSSR count). The minimum atomic E-state index is -5.08. The van der Waals surface area contributed by atoms with Crippen molar-refractivity contribution >= 4 is 17.7 Å². The molecule has 12 heteroatoms. The highest BCUT2D eigenvalue weighted by atomic mass is 19.4. The minimum absolute atomic E-state index is 0.0398. The number of fused-ring (bicyclic) bond motifs is 1. The van der Waals surface area contributed by atoms with Gasteiger partial charge in [0, 0.05) is 58.0 Å². The number of carboxylic acids is 1. The zero-order valence-electron chi connectivity index (χ0n) is 16.2. The number of carbonyl (C=O) groups excluding carboxylic acids is 1. The molecule has 0 bridgehead atoms. The lowest BCUT2D eigenvalue weighted by Crippen LogP contribution is -2.40. The molecule has 2 aliphatic rings. The maximum absolute atomic E-state index is 12.6. The first-order valence-electron chi connectivity index (χ1n) is 9.24. The van der Waals surface area contributed by atoms with Gasteiger partial charge in [0.05, 0.1) is 6.20 Å². The van der Waals surface area contributed by atoms with Gasteiger partial charge in [-0.2, -0.15) is 13.2 Å². The van der Waals surface area contributed by atoms with Gasteiger partial charge >= 0.3 is 12.1 Å². The molecule has 0 unspecified atom stereocenters. The molecule has 2 aliphatic heterocycles. The van der Waals surface area contributed by atoms with Gasteiger partial charge in [-0.1, -0.05) is 0 Å². The number of halogens is 3. The van der Waals surface area contributed by atoms with Crippen molar-refractivity contribution in [2.75, 3.05) is 31.1 Å². The van der Waals surface area contributed by atoms with E-state index in [2.05, 4.69) is 19.9 Å². The summed E-state index contributed by atoms with van der Waals surface area (Å²) in [6, 6.07) is 0. The Hall–Kier alpha value is -3.18. The molecule has 0 aliphatic carbocycles. The number of hydrogen-bond donors (Lipinski definition) is 1. The Labute approximate surface area is 170 Å². The Morgan fingerprint density at radius 1 is 1.10 bits per heavy atom. The molecular weight excluding hydrogens is 405 g/mol. The van der Waals surface area contributed by atoms with Gasteiger partial charge in [-0.25, -0.2) is 14.8 Å². The Kier molecular flexibility index (Phi) is 6.22. The third kappa shape index (κ3) is 4.86. The van der Waals surface area contributed by atoms with E-state index < -0.39 is 12.1 Å². The van der Waals surface area contributed by atoms with Gasteiger partial charge in [0.2, 0.25) is 0 Å². The molecule has 2 fully saturated rings. The van der Waals surface area contributed by atoms with Crippen LogP contribution >= 0.6 is 0 Å². The van der Waals surface area contributed by atoms with E-state index in [1.807, 2.05) is 24.3 Å². The summed E-state index contributed by atoms with van der Waals surface area (Å²) in [5.74, 6) is -0.193. The van der Waals surface area contributed by atoms with Gasteiger partial charge in [-0.3, -0.25) is 9.78 Å². The van der Waals surface area contributed by atoms with Crippen LogP contribution in [0.25, 0.3) is 0 Å². The van der Waals surface area contributed by atoms with Crippen molar-refractivity contribution in [2.45, 2.75) is 12.6 Å². The number of likely N-dealkylation sites (tertiary alicyclic amines) is 1. The quantitative estimate of drug-likeness (QED) is 0.775. The summed E-state index contributed by atoms with van der Waals surface area (Å²) < 4.78 is 33.5. The number of carboxylic acid groups (broad SMARTS) is 1. The number of amides is 1. The number of nitrogens with zero attached hydrogens (tertiary/aromatic N) is 6. The van der Waals surface area contributed by atoms with Gasteiger partial charge in [0.1, 0.15) is 5.82 Å². The van der Waals surface area contributed by atoms with Crippen LogP contribution in [0.3, 0.4) is 0 Å². The summed E-state index contributed by atoms with van der Waals surface area (Å²) >= 11 is 0. The van der Waals surface area contributed by atoms with Gasteiger partial charge < -0.3 is 19.5 Å². The third-order valence-corrected chi connectivity index (χ3v) is 5.22. The monoisotopic (exact) mass is 426 g/mol. The molecule has 0 aromatic carbocycles. The number of aryl methyl sites for hydroxylation is 1. The molecule has 2 atom stereocenters. The van der Waals surface area contributed by atoms with Crippen LogP contribution in [0.15, 0.2) is 31.0 Å². The normalized spacial score (nSPS) is 20.9. The van der Waals surface area contributed by atoms with Crippen LogP contribution in [-0.2, 0) is 11.8 Å². The van der Waals surface area contributed by atoms with Crippen molar-refractivity contribution in [3.63, 3.8) is 0 Å². The molecule has 2 saturated heterocycles. The molecule has 2 aromatic heterocycles. The molecule has 0 saturated carbocycles. The highest BCUT2D eigenvalue weighted by Gasteiger charge is 2.40. The molecule has 0 spiro atoms. The highest BCUT2D eigenvalue weighted by Crippen LogP contribution is 2.33. The van der Waals surface area contributed by atoms with E-state index in [0.29, 0.717) is 17.7 Å². The summed E-state index contributed by atoms with van der Waals surface area (Å²) in [4.78, 5) is 38.5. The fourth-order valence-corrected chi connectivity index (χ4v) is 3.71. The number of anilines is 1. The van der Waals surface area contributed by atoms with Crippen molar-refractivity contribution in [3.05, 3.63) is 36.8 Å². The summed E-state index contributed by atoms with van der Waals surface area (Å²) in [6.45, 7) is 3.55. The van der Waals surface area contributed by atoms with Crippen LogP contribution in [0.5, 0.6) is 0 Å². The summed E-state index contributed by atoms with van der Waals surface area (Å²) in [5.41, 5.74) is 0. The SMILES string of the molecule is Cn1ccnc1C(=O)N1C[C@@H]2CCN(c3cnccn3)C[C@@H]2C1.O=C(O)C(F)(F)F. The Morgan fingerprint density at radius 2 is 1.80 bits per heavy atom. The molecular formula is C18H21F3N6O3. The van der Waals surface area contributed by atoms with E-state index in [1.54, 1.807) is 23.2 Å². The second kappa shape index (κ2) is 8.67. The van der Waals surface area contributed by atoms with Crippen LogP contribution in [0.1, 0.15) is 17.0 Å². The maximum atomic E-state index is 12.6. The molecule has 9 nitrogen and oxygen atoms in total. The Bertz CT molecular complexity index is 889. The lowest BCUT2D eigenvalue weighted by atomic mass is 9.89. The van der Waals surface area contributed by atoms with E-state index in [4.69, 9.17) is 9.90 Å². The van der Waals surface area contributed by atoms with Crippen molar-refractivity contribution < 1.29 is 27.9 Å². The van der Waals surface area contributed by atoms with Crippen LogP contribution in [0, 0.1) is 11.8 Å². The lowest BCUT2D eigenvalue weighted by Gasteiger charge is -2.34. The van der Waals surface area contributed by atoms with Crippen molar-refractivity contribution in [3.8, 4) is 0 Å². The average molecular weight is 426 g/mol. The average Bonchev–Trinajstić information content (AvgIpc) is 3.33. The lowest BCUT2D eigenvalue weighted by molar-refractivity contribution is -0.192. The van der Waals surface area contributed by atoms with Gasteiger partial charge in [-0.15, -0.1) is 0 Å². The fraction of sp³-hybridized carbons (Fsp3) is 0.500. The van der Waals surface area contributed by atoms with Crippen LogP contribution in [-0.4, -0.2) is 73.8 Å². The van der Waals surface area contributed by atoms with E-state index >= 15 is 0 Å². The number of piperidine rings is 1.